The molecular formula is C4H3Cl2SSb. The van der Waals surface area contributed by atoms with E-state index >= 15 is 0 Å². The van der Waals surface area contributed by atoms with E-state index in [1.54, 1.807) is 11.3 Å². The maximum atomic E-state index is 5.70. The summed E-state index contributed by atoms with van der Waals surface area (Å²) in [7, 11) is 11.4. The Morgan fingerprint density at radius 2 is 2.25 bits per heavy atom. The minimum absolute atomic E-state index is 1.19. The molecule has 0 N–H and O–H groups in total. The first-order valence-corrected chi connectivity index (χ1v) is 10.6. The van der Waals surface area contributed by atoms with Crippen molar-refractivity contribution in [2.75, 3.05) is 0 Å². The van der Waals surface area contributed by atoms with Gasteiger partial charge in [0.25, 0.3) is 0 Å². The summed E-state index contributed by atoms with van der Waals surface area (Å²) in [5, 5.41) is 2.00. The van der Waals surface area contributed by atoms with Crippen molar-refractivity contribution >= 4 is 49.7 Å². The molecule has 1 aromatic heterocycles. The van der Waals surface area contributed by atoms with Crippen molar-refractivity contribution in [2.45, 2.75) is 0 Å². The third-order valence-corrected chi connectivity index (χ3v) is 8.64. The number of rotatable bonds is 1. The summed E-state index contributed by atoms with van der Waals surface area (Å²) in [6, 6.07) is 3.97. The molecule has 0 radical (unpaired) electrons. The van der Waals surface area contributed by atoms with Crippen molar-refractivity contribution in [1.29, 1.82) is 0 Å². The summed E-state index contributed by atoms with van der Waals surface area (Å²) in [6.07, 6.45) is 0. The third-order valence-electron chi connectivity index (χ3n) is 0.673. The molecule has 0 bridgehead atoms. The van der Waals surface area contributed by atoms with Crippen LogP contribution in [0.3, 0.4) is 0 Å². The molecule has 0 aliphatic heterocycles. The monoisotopic (exact) mass is 274 g/mol. The molecule has 0 atom stereocenters. The average molecular weight is 276 g/mol. The van der Waals surface area contributed by atoms with Crippen molar-refractivity contribution in [3.63, 3.8) is 0 Å². The van der Waals surface area contributed by atoms with Crippen molar-refractivity contribution in [2.24, 2.45) is 0 Å². The van der Waals surface area contributed by atoms with Crippen LogP contribution in [0.2, 0.25) is 0 Å². The van der Waals surface area contributed by atoms with Gasteiger partial charge in [-0.2, -0.15) is 0 Å². The van der Waals surface area contributed by atoms with Gasteiger partial charge in [-0.1, -0.05) is 0 Å². The molecule has 0 aliphatic rings. The van der Waals surface area contributed by atoms with E-state index in [4.69, 9.17) is 17.7 Å². The maximum absolute atomic E-state index is 5.70. The Morgan fingerprint density at radius 1 is 1.50 bits per heavy atom. The van der Waals surface area contributed by atoms with Crippen molar-refractivity contribution in [3.05, 3.63) is 17.5 Å². The normalized spacial score (nSPS) is 10.4. The first-order valence-electron chi connectivity index (χ1n) is 1.96. The van der Waals surface area contributed by atoms with E-state index in [1.165, 1.54) is 2.82 Å². The van der Waals surface area contributed by atoms with Crippen LogP contribution in [-0.2, 0) is 0 Å². The van der Waals surface area contributed by atoms with Crippen LogP contribution in [0, 0.1) is 0 Å². The van der Waals surface area contributed by atoms with Crippen LogP contribution in [0.25, 0.3) is 0 Å². The molecule has 0 amide bonds. The van der Waals surface area contributed by atoms with Crippen LogP contribution in [0.1, 0.15) is 0 Å². The summed E-state index contributed by atoms with van der Waals surface area (Å²) in [4.78, 5) is 0. The number of hydrogen-bond acceptors (Lipinski definition) is 1. The third kappa shape index (κ3) is 1.80. The molecule has 0 unspecified atom stereocenters. The van der Waals surface area contributed by atoms with Crippen LogP contribution in [-0.4, -0.2) is 17.9 Å². The Kier molecular flexibility index (Phi) is 2.98. The van der Waals surface area contributed by atoms with Crippen LogP contribution in [0.15, 0.2) is 17.5 Å². The van der Waals surface area contributed by atoms with Crippen LogP contribution in [0.4, 0.5) is 0 Å². The first kappa shape index (κ1) is 7.21. The van der Waals surface area contributed by atoms with Gasteiger partial charge in [-0.15, -0.1) is 0 Å². The predicted molar refractivity (Wildman–Crippen MR) is 41.4 cm³/mol. The molecule has 44 valence electrons. The second-order valence-corrected chi connectivity index (χ2v) is 11.4. The fourth-order valence-corrected chi connectivity index (χ4v) is 5.03. The van der Waals surface area contributed by atoms with Gasteiger partial charge in [-0.3, -0.25) is 0 Å². The van der Waals surface area contributed by atoms with Gasteiger partial charge in [-0.25, -0.2) is 0 Å². The molecule has 0 aliphatic carbocycles. The molecule has 0 aromatic carbocycles. The van der Waals surface area contributed by atoms with E-state index in [2.05, 4.69) is 0 Å². The SMILES string of the molecule is [Cl][Sb]([Cl])[c]1cccs1. The zero-order chi connectivity index (χ0) is 5.98. The summed E-state index contributed by atoms with van der Waals surface area (Å²) in [5.74, 6) is 0. The van der Waals surface area contributed by atoms with E-state index in [-0.39, 0.29) is 0 Å². The molecule has 0 saturated carbocycles. The second-order valence-electron chi connectivity index (χ2n) is 1.18. The van der Waals surface area contributed by atoms with Gasteiger partial charge in [0.2, 0.25) is 0 Å². The van der Waals surface area contributed by atoms with E-state index in [9.17, 15) is 0 Å². The predicted octanol–water partition coefficient (Wildman–Crippen LogP) is 1.92. The average Bonchev–Trinajstić information content (AvgIpc) is 2.12. The van der Waals surface area contributed by atoms with Gasteiger partial charge < -0.3 is 0 Å². The van der Waals surface area contributed by atoms with Crippen LogP contribution in [0.5, 0.6) is 0 Å². The van der Waals surface area contributed by atoms with Gasteiger partial charge in [0.15, 0.2) is 0 Å². The summed E-state index contributed by atoms with van der Waals surface area (Å²) in [6.45, 7) is 0. The van der Waals surface area contributed by atoms with Gasteiger partial charge in [0.05, 0.1) is 0 Å². The molecular weight excluding hydrogens is 273 g/mol. The van der Waals surface area contributed by atoms with E-state index < -0.39 is 17.9 Å². The van der Waals surface area contributed by atoms with E-state index in [0.717, 1.165) is 0 Å². The van der Waals surface area contributed by atoms with Gasteiger partial charge in [0.1, 0.15) is 0 Å². The molecule has 0 spiro atoms. The Morgan fingerprint density at radius 3 is 2.50 bits per heavy atom. The van der Waals surface area contributed by atoms with Crippen LogP contribution >= 0.6 is 29.0 Å². The molecule has 0 nitrogen and oxygen atoms in total. The van der Waals surface area contributed by atoms with Crippen LogP contribution < -0.4 is 2.82 Å². The Bertz CT molecular complexity index is 149. The molecule has 0 fully saturated rings. The molecule has 1 rings (SSSR count). The quantitative estimate of drug-likeness (QED) is 0.687. The topological polar surface area (TPSA) is 0 Å². The Balaban J connectivity index is 2.77. The Hall–Kier alpha value is 1.10. The molecule has 1 aromatic rings. The summed E-state index contributed by atoms with van der Waals surface area (Å²) < 4.78 is 1.19. The van der Waals surface area contributed by atoms with Crippen molar-refractivity contribution in [1.82, 2.24) is 0 Å². The van der Waals surface area contributed by atoms with Gasteiger partial charge >= 0.3 is 67.3 Å². The summed E-state index contributed by atoms with van der Waals surface area (Å²) >= 11 is -0.241. The minimum atomic E-state index is -1.89. The molecule has 8 heavy (non-hydrogen) atoms. The first-order chi connectivity index (χ1) is 3.80. The fraction of sp³-hybridized carbons (Fsp3) is 0. The molecule has 1 heterocycles. The zero-order valence-corrected chi connectivity index (χ0v) is 8.72. The standard InChI is InChI=1S/C4H3S.2ClH.Sb/c1-2-4-5-3-1;;;/h1-3H;2*1H;/q;;;+2/p-2. The second kappa shape index (κ2) is 3.31. The molecule has 4 heteroatoms. The zero-order valence-electron chi connectivity index (χ0n) is 3.84. The number of thiophene rings is 1. The van der Waals surface area contributed by atoms with Crippen molar-refractivity contribution < 1.29 is 0 Å². The number of hydrogen-bond donors (Lipinski definition) is 0. The molecule has 0 saturated heterocycles. The van der Waals surface area contributed by atoms with E-state index in [0.29, 0.717) is 0 Å². The fourth-order valence-electron chi connectivity index (χ4n) is 0.366. The van der Waals surface area contributed by atoms with Gasteiger partial charge in [-0.05, 0) is 0 Å². The number of halogens is 2. The Labute approximate surface area is 66.7 Å². The van der Waals surface area contributed by atoms with E-state index in [1.807, 2.05) is 17.5 Å². The summed E-state index contributed by atoms with van der Waals surface area (Å²) in [5.41, 5.74) is 0. The van der Waals surface area contributed by atoms with Crippen molar-refractivity contribution in [3.8, 4) is 0 Å². The van der Waals surface area contributed by atoms with Gasteiger partial charge in [0, 0.05) is 0 Å².